The normalized spacial score (nSPS) is 22.1. The lowest BCUT2D eigenvalue weighted by molar-refractivity contribution is 0.165. The molecule has 0 amide bonds. The van der Waals surface area contributed by atoms with Crippen molar-refractivity contribution in [3.8, 4) is 0 Å². The topological polar surface area (TPSA) is 18.5 Å². The highest BCUT2D eigenvalue weighted by Crippen LogP contribution is 2.11. The number of hydrogen-bond acceptors (Lipinski definition) is 3. The minimum atomic E-state index is 0.614. The molecule has 3 heteroatoms. The maximum atomic E-state index is 3.55. The van der Waals surface area contributed by atoms with Crippen molar-refractivity contribution in [2.75, 3.05) is 40.3 Å². The van der Waals surface area contributed by atoms with Crippen LogP contribution in [0.15, 0.2) is 30.3 Å². The Morgan fingerprint density at radius 1 is 1.28 bits per heavy atom. The summed E-state index contributed by atoms with van der Waals surface area (Å²) in [4.78, 5) is 4.91. The van der Waals surface area contributed by atoms with Crippen LogP contribution in [0.2, 0.25) is 0 Å². The molecular weight excluding hydrogens is 222 g/mol. The fourth-order valence-corrected chi connectivity index (χ4v) is 2.62. The maximum Gasteiger partial charge on any atom is 0.0351 e. The largest absolute Gasteiger partial charge is 0.315 e. The van der Waals surface area contributed by atoms with Gasteiger partial charge >= 0.3 is 0 Å². The molecule has 0 bridgehead atoms. The van der Waals surface area contributed by atoms with Gasteiger partial charge in [-0.05, 0) is 32.6 Å². The summed E-state index contributed by atoms with van der Waals surface area (Å²) in [7, 11) is 4.32. The van der Waals surface area contributed by atoms with E-state index in [0.717, 1.165) is 26.2 Å². The summed E-state index contributed by atoms with van der Waals surface area (Å²) < 4.78 is 0. The van der Waals surface area contributed by atoms with Crippen LogP contribution in [0.4, 0.5) is 0 Å². The van der Waals surface area contributed by atoms with Crippen LogP contribution in [0, 0.1) is 0 Å². The molecular formula is C15H25N3. The fraction of sp³-hybridized carbons (Fsp3) is 0.600. The Hall–Kier alpha value is -0.900. The minimum absolute atomic E-state index is 0.614. The van der Waals surface area contributed by atoms with Gasteiger partial charge in [0.25, 0.3) is 0 Å². The highest BCUT2D eigenvalue weighted by Gasteiger charge is 2.21. The average Bonchev–Trinajstić information content (AvgIpc) is 2.56. The summed E-state index contributed by atoms with van der Waals surface area (Å²) >= 11 is 0. The Balaban J connectivity index is 2.01. The molecule has 1 aromatic carbocycles. The number of hydrogen-bond donors (Lipinski definition) is 1. The summed E-state index contributed by atoms with van der Waals surface area (Å²) in [5.41, 5.74) is 1.42. The summed E-state index contributed by atoms with van der Waals surface area (Å²) in [6.07, 6.45) is 1.25. The molecule has 100 valence electrons. The SMILES string of the molecule is CN(C)CC1CNCCCN1Cc1ccccc1. The lowest BCUT2D eigenvalue weighted by atomic mass is 10.1. The Morgan fingerprint density at radius 2 is 2.06 bits per heavy atom. The molecule has 1 aromatic rings. The van der Waals surface area contributed by atoms with E-state index in [2.05, 4.69) is 59.5 Å². The summed E-state index contributed by atoms with van der Waals surface area (Å²) in [6, 6.07) is 11.4. The van der Waals surface area contributed by atoms with Crippen molar-refractivity contribution in [2.24, 2.45) is 0 Å². The van der Waals surface area contributed by atoms with Crippen molar-refractivity contribution >= 4 is 0 Å². The predicted molar refractivity (Wildman–Crippen MR) is 76.7 cm³/mol. The first-order valence-corrected chi connectivity index (χ1v) is 6.89. The van der Waals surface area contributed by atoms with Crippen LogP contribution in [-0.2, 0) is 6.54 Å². The second kappa shape index (κ2) is 6.88. The van der Waals surface area contributed by atoms with Gasteiger partial charge in [0.15, 0.2) is 0 Å². The van der Waals surface area contributed by atoms with Gasteiger partial charge in [0.2, 0.25) is 0 Å². The van der Waals surface area contributed by atoms with Gasteiger partial charge in [-0.2, -0.15) is 0 Å². The Labute approximate surface area is 111 Å². The third kappa shape index (κ3) is 4.09. The zero-order valence-electron chi connectivity index (χ0n) is 11.6. The summed E-state index contributed by atoms with van der Waals surface area (Å²) in [5.74, 6) is 0. The Bertz CT molecular complexity index is 337. The molecule has 1 atom stereocenters. The van der Waals surface area contributed by atoms with E-state index in [4.69, 9.17) is 0 Å². The first kappa shape index (κ1) is 13.5. The molecule has 1 N–H and O–H groups in total. The van der Waals surface area contributed by atoms with E-state index in [1.165, 1.54) is 18.5 Å². The van der Waals surface area contributed by atoms with Crippen LogP contribution < -0.4 is 5.32 Å². The first-order valence-electron chi connectivity index (χ1n) is 6.89. The van der Waals surface area contributed by atoms with E-state index >= 15 is 0 Å². The van der Waals surface area contributed by atoms with Crippen LogP contribution in [0.3, 0.4) is 0 Å². The molecule has 1 fully saturated rings. The molecule has 0 radical (unpaired) electrons. The molecule has 1 unspecified atom stereocenters. The first-order chi connectivity index (χ1) is 8.75. The van der Waals surface area contributed by atoms with Gasteiger partial charge in [0.1, 0.15) is 0 Å². The number of nitrogens with zero attached hydrogens (tertiary/aromatic N) is 2. The second-order valence-corrected chi connectivity index (χ2v) is 5.43. The molecule has 1 aliphatic heterocycles. The molecule has 1 aliphatic rings. The van der Waals surface area contributed by atoms with Gasteiger partial charge in [-0.15, -0.1) is 0 Å². The highest BCUT2D eigenvalue weighted by molar-refractivity contribution is 5.14. The fourth-order valence-electron chi connectivity index (χ4n) is 2.62. The van der Waals surface area contributed by atoms with E-state index < -0.39 is 0 Å². The van der Waals surface area contributed by atoms with Crippen molar-refractivity contribution in [3.63, 3.8) is 0 Å². The molecule has 0 spiro atoms. The number of rotatable bonds is 4. The van der Waals surface area contributed by atoms with Gasteiger partial charge in [0.05, 0.1) is 0 Å². The molecule has 18 heavy (non-hydrogen) atoms. The standard InChI is InChI=1S/C15H25N3/c1-17(2)13-15-11-16-9-6-10-18(15)12-14-7-4-3-5-8-14/h3-5,7-8,15-16H,6,9-13H2,1-2H3. The van der Waals surface area contributed by atoms with Gasteiger partial charge in [-0.1, -0.05) is 30.3 Å². The zero-order chi connectivity index (χ0) is 12.8. The monoisotopic (exact) mass is 247 g/mol. The summed E-state index contributed by atoms with van der Waals surface area (Å²) in [5, 5.41) is 3.55. The number of benzene rings is 1. The maximum absolute atomic E-state index is 3.55. The van der Waals surface area contributed by atoms with Crippen molar-refractivity contribution in [3.05, 3.63) is 35.9 Å². The Kier molecular flexibility index (Phi) is 5.17. The summed E-state index contributed by atoms with van der Waals surface area (Å²) in [6.45, 7) is 5.64. The molecule has 0 aliphatic carbocycles. The molecule has 0 aromatic heterocycles. The second-order valence-electron chi connectivity index (χ2n) is 5.43. The lowest BCUT2D eigenvalue weighted by Gasteiger charge is -2.31. The molecule has 3 nitrogen and oxygen atoms in total. The third-order valence-electron chi connectivity index (χ3n) is 3.50. The van der Waals surface area contributed by atoms with E-state index in [1.807, 2.05) is 0 Å². The number of nitrogens with one attached hydrogen (secondary N) is 1. The smallest absolute Gasteiger partial charge is 0.0351 e. The van der Waals surface area contributed by atoms with Crippen molar-refractivity contribution in [2.45, 2.75) is 19.0 Å². The highest BCUT2D eigenvalue weighted by atomic mass is 15.2. The average molecular weight is 247 g/mol. The van der Waals surface area contributed by atoms with Crippen molar-refractivity contribution in [1.82, 2.24) is 15.1 Å². The van der Waals surface area contributed by atoms with E-state index in [0.29, 0.717) is 6.04 Å². The predicted octanol–water partition coefficient (Wildman–Crippen LogP) is 1.41. The van der Waals surface area contributed by atoms with E-state index in [9.17, 15) is 0 Å². The van der Waals surface area contributed by atoms with E-state index in [-0.39, 0.29) is 0 Å². The van der Waals surface area contributed by atoms with E-state index in [1.54, 1.807) is 0 Å². The van der Waals surface area contributed by atoms with Crippen molar-refractivity contribution in [1.29, 1.82) is 0 Å². The number of likely N-dealkylation sites (N-methyl/N-ethyl adjacent to an activating group) is 1. The Morgan fingerprint density at radius 3 is 2.78 bits per heavy atom. The molecule has 1 saturated heterocycles. The van der Waals surface area contributed by atoms with Gasteiger partial charge in [-0.3, -0.25) is 4.90 Å². The molecule has 2 rings (SSSR count). The zero-order valence-corrected chi connectivity index (χ0v) is 11.6. The quantitative estimate of drug-likeness (QED) is 0.868. The van der Waals surface area contributed by atoms with Gasteiger partial charge < -0.3 is 10.2 Å². The molecule has 1 heterocycles. The van der Waals surface area contributed by atoms with Crippen LogP contribution >= 0.6 is 0 Å². The van der Waals surface area contributed by atoms with Crippen LogP contribution in [0.25, 0.3) is 0 Å². The van der Waals surface area contributed by atoms with Gasteiger partial charge in [0, 0.05) is 32.2 Å². The van der Waals surface area contributed by atoms with Crippen LogP contribution in [0.1, 0.15) is 12.0 Å². The van der Waals surface area contributed by atoms with Gasteiger partial charge in [-0.25, -0.2) is 0 Å². The van der Waals surface area contributed by atoms with Crippen LogP contribution in [-0.4, -0.2) is 56.1 Å². The van der Waals surface area contributed by atoms with Crippen LogP contribution in [0.5, 0.6) is 0 Å². The molecule has 0 saturated carbocycles. The van der Waals surface area contributed by atoms with Crippen molar-refractivity contribution < 1.29 is 0 Å². The minimum Gasteiger partial charge on any atom is -0.315 e. The third-order valence-corrected chi connectivity index (χ3v) is 3.50. The lowest BCUT2D eigenvalue weighted by Crippen LogP contribution is -2.45.